The van der Waals surface area contributed by atoms with Crippen molar-refractivity contribution in [2.45, 2.75) is 32.6 Å². The third-order valence-corrected chi connectivity index (χ3v) is 2.46. The van der Waals surface area contributed by atoms with Crippen molar-refractivity contribution in [2.75, 3.05) is 0 Å². The molecule has 0 bridgehead atoms. The summed E-state index contributed by atoms with van der Waals surface area (Å²) in [6.07, 6.45) is 8.93. The average molecular weight is 178 g/mol. The van der Waals surface area contributed by atoms with E-state index in [0.717, 1.165) is 18.2 Å². The minimum atomic E-state index is 0.642. The molecule has 0 aliphatic heterocycles. The molecule has 0 radical (unpaired) electrons. The third-order valence-electron chi connectivity index (χ3n) is 2.46. The van der Waals surface area contributed by atoms with Gasteiger partial charge in [-0.2, -0.15) is 4.98 Å². The normalized spacial score (nSPS) is 17.9. The monoisotopic (exact) mass is 178 g/mol. The number of nitrogens with zero attached hydrogens (tertiary/aromatic N) is 2. The van der Waals surface area contributed by atoms with Gasteiger partial charge in [-0.3, -0.25) is 0 Å². The highest BCUT2D eigenvalue weighted by atomic mass is 16.5. The van der Waals surface area contributed by atoms with Crippen molar-refractivity contribution >= 4 is 6.08 Å². The predicted octanol–water partition coefficient (Wildman–Crippen LogP) is 2.45. The van der Waals surface area contributed by atoms with Gasteiger partial charge in [-0.25, -0.2) is 0 Å². The van der Waals surface area contributed by atoms with E-state index in [9.17, 15) is 0 Å². The summed E-state index contributed by atoms with van der Waals surface area (Å²) in [5.41, 5.74) is 0. The third kappa shape index (κ3) is 1.97. The summed E-state index contributed by atoms with van der Waals surface area (Å²) in [6, 6.07) is 0. The maximum atomic E-state index is 5.03. The quantitative estimate of drug-likeness (QED) is 0.713. The SMILES string of the molecule is CCc1noc(/C=C/C2CCC2)n1. The van der Waals surface area contributed by atoms with Crippen LogP contribution in [-0.2, 0) is 6.42 Å². The number of hydrogen-bond acceptors (Lipinski definition) is 3. The van der Waals surface area contributed by atoms with Crippen LogP contribution in [0.2, 0.25) is 0 Å². The van der Waals surface area contributed by atoms with Gasteiger partial charge >= 0.3 is 0 Å². The predicted molar refractivity (Wildman–Crippen MR) is 50.1 cm³/mol. The first-order valence-corrected chi connectivity index (χ1v) is 4.89. The largest absolute Gasteiger partial charge is 0.335 e. The van der Waals surface area contributed by atoms with Crippen LogP contribution in [-0.4, -0.2) is 10.1 Å². The number of rotatable bonds is 3. The van der Waals surface area contributed by atoms with Crippen molar-refractivity contribution in [3.8, 4) is 0 Å². The van der Waals surface area contributed by atoms with Gasteiger partial charge in [0, 0.05) is 6.42 Å². The summed E-state index contributed by atoms with van der Waals surface area (Å²) >= 11 is 0. The number of aryl methyl sites for hydroxylation is 1. The highest BCUT2D eigenvalue weighted by Gasteiger charge is 2.13. The van der Waals surface area contributed by atoms with E-state index in [0.29, 0.717) is 5.89 Å². The topological polar surface area (TPSA) is 38.9 Å². The van der Waals surface area contributed by atoms with Crippen molar-refractivity contribution in [1.82, 2.24) is 10.1 Å². The average Bonchev–Trinajstić information content (AvgIpc) is 2.49. The summed E-state index contributed by atoms with van der Waals surface area (Å²) in [6.45, 7) is 2.02. The molecule has 1 saturated carbocycles. The van der Waals surface area contributed by atoms with Gasteiger partial charge in [-0.1, -0.05) is 24.6 Å². The van der Waals surface area contributed by atoms with Gasteiger partial charge in [0.05, 0.1) is 0 Å². The molecule has 0 atom stereocenters. The smallest absolute Gasteiger partial charge is 0.250 e. The molecule has 1 fully saturated rings. The number of aromatic nitrogens is 2. The van der Waals surface area contributed by atoms with E-state index in [1.54, 1.807) is 0 Å². The van der Waals surface area contributed by atoms with E-state index in [1.165, 1.54) is 19.3 Å². The van der Waals surface area contributed by atoms with Gasteiger partial charge in [0.15, 0.2) is 5.82 Å². The molecule has 1 aromatic rings. The maximum absolute atomic E-state index is 5.03. The standard InChI is InChI=1S/C10H14N2O/c1-2-9-11-10(13-12-9)7-6-8-4-3-5-8/h6-8H,2-5H2,1H3/b7-6+. The Kier molecular flexibility index (Phi) is 2.43. The van der Waals surface area contributed by atoms with Gasteiger partial charge in [0.1, 0.15) is 0 Å². The van der Waals surface area contributed by atoms with E-state index in [4.69, 9.17) is 4.52 Å². The van der Waals surface area contributed by atoms with Gasteiger partial charge in [0.2, 0.25) is 5.89 Å². The Bertz CT molecular complexity index is 300. The molecule has 0 spiro atoms. The number of allylic oxidation sites excluding steroid dienone is 1. The van der Waals surface area contributed by atoms with Crippen LogP contribution in [0.4, 0.5) is 0 Å². The van der Waals surface area contributed by atoms with Gasteiger partial charge in [-0.05, 0) is 24.8 Å². The molecular formula is C10H14N2O. The van der Waals surface area contributed by atoms with E-state index in [-0.39, 0.29) is 0 Å². The van der Waals surface area contributed by atoms with Crippen molar-refractivity contribution in [1.29, 1.82) is 0 Å². The van der Waals surface area contributed by atoms with Crippen LogP contribution in [0.15, 0.2) is 10.6 Å². The fourth-order valence-electron chi connectivity index (χ4n) is 1.33. The molecule has 0 saturated heterocycles. The van der Waals surface area contributed by atoms with E-state index in [1.807, 2.05) is 13.0 Å². The molecule has 3 heteroatoms. The molecule has 0 unspecified atom stereocenters. The Labute approximate surface area is 77.8 Å². The van der Waals surface area contributed by atoms with Crippen molar-refractivity contribution < 1.29 is 4.52 Å². The first kappa shape index (κ1) is 8.48. The Morgan fingerprint density at radius 3 is 2.92 bits per heavy atom. The zero-order valence-electron chi connectivity index (χ0n) is 7.86. The lowest BCUT2D eigenvalue weighted by Crippen LogP contribution is -2.06. The zero-order valence-corrected chi connectivity index (χ0v) is 7.86. The van der Waals surface area contributed by atoms with Crippen LogP contribution in [0.3, 0.4) is 0 Å². The molecule has 0 aromatic carbocycles. The molecule has 1 aliphatic rings. The van der Waals surface area contributed by atoms with Crippen LogP contribution in [0.25, 0.3) is 6.08 Å². The van der Waals surface area contributed by atoms with Gasteiger partial charge < -0.3 is 4.52 Å². The van der Waals surface area contributed by atoms with E-state index in [2.05, 4.69) is 16.2 Å². The first-order chi connectivity index (χ1) is 6.38. The van der Waals surface area contributed by atoms with Crippen LogP contribution >= 0.6 is 0 Å². The van der Waals surface area contributed by atoms with Crippen LogP contribution in [0.5, 0.6) is 0 Å². The molecule has 70 valence electrons. The molecule has 0 amide bonds. The summed E-state index contributed by atoms with van der Waals surface area (Å²) < 4.78 is 5.03. The highest BCUT2D eigenvalue weighted by Crippen LogP contribution is 2.27. The van der Waals surface area contributed by atoms with Crippen molar-refractivity contribution in [2.24, 2.45) is 5.92 Å². The molecular weight excluding hydrogens is 164 g/mol. The highest BCUT2D eigenvalue weighted by molar-refractivity contribution is 5.38. The lowest BCUT2D eigenvalue weighted by Gasteiger charge is -2.20. The summed E-state index contributed by atoms with van der Waals surface area (Å²) in [5.74, 6) is 2.17. The Morgan fingerprint density at radius 2 is 2.38 bits per heavy atom. The van der Waals surface area contributed by atoms with Gasteiger partial charge in [-0.15, -0.1) is 0 Å². The van der Waals surface area contributed by atoms with Crippen LogP contribution in [0, 0.1) is 5.92 Å². The molecule has 13 heavy (non-hydrogen) atoms. The second-order valence-corrected chi connectivity index (χ2v) is 3.45. The summed E-state index contributed by atoms with van der Waals surface area (Å²) in [4.78, 5) is 4.19. The fourth-order valence-corrected chi connectivity index (χ4v) is 1.33. The second kappa shape index (κ2) is 3.73. The lowest BCUT2D eigenvalue weighted by atomic mass is 9.85. The van der Waals surface area contributed by atoms with Crippen molar-refractivity contribution in [3.05, 3.63) is 17.8 Å². The summed E-state index contributed by atoms with van der Waals surface area (Å²) in [7, 11) is 0. The second-order valence-electron chi connectivity index (χ2n) is 3.45. The summed E-state index contributed by atoms with van der Waals surface area (Å²) in [5, 5.41) is 3.82. The molecule has 3 nitrogen and oxygen atoms in total. The van der Waals surface area contributed by atoms with Crippen molar-refractivity contribution in [3.63, 3.8) is 0 Å². The maximum Gasteiger partial charge on any atom is 0.250 e. The van der Waals surface area contributed by atoms with Crippen LogP contribution in [0.1, 0.15) is 37.9 Å². The molecule has 1 heterocycles. The Hall–Kier alpha value is -1.12. The first-order valence-electron chi connectivity index (χ1n) is 4.89. The molecule has 2 rings (SSSR count). The van der Waals surface area contributed by atoms with E-state index < -0.39 is 0 Å². The minimum absolute atomic E-state index is 0.642. The molecule has 0 N–H and O–H groups in total. The molecule has 1 aliphatic carbocycles. The van der Waals surface area contributed by atoms with Gasteiger partial charge in [0.25, 0.3) is 0 Å². The lowest BCUT2D eigenvalue weighted by molar-refractivity contribution is 0.385. The zero-order chi connectivity index (χ0) is 9.10. The minimum Gasteiger partial charge on any atom is -0.335 e. The number of hydrogen-bond donors (Lipinski definition) is 0. The van der Waals surface area contributed by atoms with E-state index >= 15 is 0 Å². The fraction of sp³-hybridized carbons (Fsp3) is 0.600. The Balaban J connectivity index is 1.95. The van der Waals surface area contributed by atoms with Crippen LogP contribution < -0.4 is 0 Å². The Morgan fingerprint density at radius 1 is 1.54 bits per heavy atom. The molecule has 1 aromatic heterocycles.